The predicted octanol–water partition coefficient (Wildman–Crippen LogP) is 4.66. The van der Waals surface area contributed by atoms with Crippen LogP contribution < -0.4 is 10.2 Å². The summed E-state index contributed by atoms with van der Waals surface area (Å²) in [4.78, 5) is 5.22. The Morgan fingerprint density at radius 3 is 2.69 bits per heavy atom. The molecule has 0 aromatic heterocycles. The summed E-state index contributed by atoms with van der Waals surface area (Å²) < 4.78 is 0. The maximum Gasteiger partial charge on any atom is 0.0998 e. The Balaban J connectivity index is 1.23. The summed E-state index contributed by atoms with van der Waals surface area (Å²) in [5, 5.41) is 15.5. The monoisotopic (exact) mass is 380 g/mol. The summed E-state index contributed by atoms with van der Waals surface area (Å²) in [7, 11) is 0. The van der Waals surface area contributed by atoms with Gasteiger partial charge in [-0.2, -0.15) is 5.26 Å². The third kappa shape index (κ3) is 2.54. The van der Waals surface area contributed by atoms with E-state index in [1.807, 2.05) is 6.07 Å². The van der Waals surface area contributed by atoms with Crippen LogP contribution in [0.15, 0.2) is 54.6 Å². The fraction of sp³-hybridized carbons (Fsp3) is 0.320. The number of nitriles is 1. The quantitative estimate of drug-likeness (QED) is 0.702. The number of para-hydroxylation sites is 2. The number of hydrogen-bond donors (Lipinski definition) is 1. The van der Waals surface area contributed by atoms with E-state index in [0.717, 1.165) is 37.1 Å². The molecule has 0 saturated carbocycles. The van der Waals surface area contributed by atoms with Gasteiger partial charge in [-0.05, 0) is 54.0 Å². The predicted molar refractivity (Wildman–Crippen MR) is 117 cm³/mol. The number of benzene rings is 3. The summed E-state index contributed by atoms with van der Waals surface area (Å²) >= 11 is 0. The van der Waals surface area contributed by atoms with Crippen molar-refractivity contribution >= 4 is 22.1 Å². The smallest absolute Gasteiger partial charge is 0.0998 e. The zero-order valence-electron chi connectivity index (χ0n) is 16.4. The highest BCUT2D eigenvalue weighted by molar-refractivity contribution is 5.95. The summed E-state index contributed by atoms with van der Waals surface area (Å²) in [5.41, 5.74) is 6.24. The number of anilines is 2. The molecule has 3 aromatic rings. The van der Waals surface area contributed by atoms with Crippen molar-refractivity contribution in [2.45, 2.75) is 31.3 Å². The average molecular weight is 380 g/mol. The molecule has 144 valence electrons. The Morgan fingerprint density at radius 2 is 1.83 bits per heavy atom. The van der Waals surface area contributed by atoms with E-state index in [1.54, 1.807) is 0 Å². The molecule has 3 aliphatic rings. The second-order valence-electron chi connectivity index (χ2n) is 8.46. The summed E-state index contributed by atoms with van der Waals surface area (Å²) in [6.07, 6.45) is 3.46. The highest BCUT2D eigenvalue weighted by Crippen LogP contribution is 2.43. The third-order valence-electron chi connectivity index (χ3n) is 7.09. The summed E-state index contributed by atoms with van der Waals surface area (Å²) in [6, 6.07) is 22.8. The standard InChI is InChI=1S/C25H24N4/c26-15-18-9-8-17-14-24(21-5-3-4-20(18)25(17)21)28-12-10-19(11-13-28)29-16-27-22-6-1-2-7-23(22)29/h1-9,19,24,27H,10-14,16H2. The van der Waals surface area contributed by atoms with Crippen LogP contribution in [0.5, 0.6) is 0 Å². The van der Waals surface area contributed by atoms with Crippen LogP contribution in [0, 0.1) is 11.3 Å². The van der Waals surface area contributed by atoms with Gasteiger partial charge in [0.15, 0.2) is 0 Å². The molecule has 0 amide bonds. The van der Waals surface area contributed by atoms with E-state index in [-0.39, 0.29) is 0 Å². The molecule has 1 atom stereocenters. The normalized spacial score (nSPS) is 21.2. The van der Waals surface area contributed by atoms with Gasteiger partial charge in [0.1, 0.15) is 0 Å². The molecule has 1 saturated heterocycles. The van der Waals surface area contributed by atoms with Crippen LogP contribution >= 0.6 is 0 Å². The number of nitrogens with zero attached hydrogens (tertiary/aromatic N) is 3. The first-order chi connectivity index (χ1) is 14.3. The molecule has 0 radical (unpaired) electrons. The van der Waals surface area contributed by atoms with Gasteiger partial charge in [0.05, 0.1) is 29.7 Å². The van der Waals surface area contributed by atoms with E-state index in [4.69, 9.17) is 0 Å². The minimum Gasteiger partial charge on any atom is -0.366 e. The van der Waals surface area contributed by atoms with E-state index in [9.17, 15) is 5.26 Å². The van der Waals surface area contributed by atoms with Gasteiger partial charge >= 0.3 is 0 Å². The Hall–Kier alpha value is -3.03. The second-order valence-corrected chi connectivity index (χ2v) is 8.46. The van der Waals surface area contributed by atoms with Crippen molar-refractivity contribution in [3.63, 3.8) is 0 Å². The molecule has 29 heavy (non-hydrogen) atoms. The molecule has 1 N–H and O–H groups in total. The van der Waals surface area contributed by atoms with Gasteiger partial charge in [0.25, 0.3) is 0 Å². The maximum absolute atomic E-state index is 9.48. The molecule has 2 heterocycles. The minimum absolute atomic E-state index is 0.451. The third-order valence-corrected chi connectivity index (χ3v) is 7.09. The van der Waals surface area contributed by atoms with Gasteiger partial charge in [-0.1, -0.05) is 36.4 Å². The van der Waals surface area contributed by atoms with Crippen LogP contribution in [0.1, 0.15) is 35.6 Å². The largest absolute Gasteiger partial charge is 0.366 e. The van der Waals surface area contributed by atoms with Gasteiger partial charge < -0.3 is 10.2 Å². The Kier molecular flexibility index (Phi) is 3.79. The highest BCUT2D eigenvalue weighted by atomic mass is 15.3. The van der Waals surface area contributed by atoms with Crippen molar-refractivity contribution in [1.82, 2.24) is 4.90 Å². The minimum atomic E-state index is 0.451. The van der Waals surface area contributed by atoms with Crippen molar-refractivity contribution in [2.75, 3.05) is 30.0 Å². The highest BCUT2D eigenvalue weighted by Gasteiger charge is 2.34. The van der Waals surface area contributed by atoms with E-state index >= 15 is 0 Å². The lowest BCUT2D eigenvalue weighted by Crippen LogP contribution is -2.46. The second kappa shape index (κ2) is 6.50. The maximum atomic E-state index is 9.48. The first-order valence-corrected chi connectivity index (χ1v) is 10.6. The summed E-state index contributed by atoms with van der Waals surface area (Å²) in [6.45, 7) is 3.18. The van der Waals surface area contributed by atoms with Crippen LogP contribution in [0.25, 0.3) is 10.8 Å². The lowest BCUT2D eigenvalue weighted by molar-refractivity contribution is 0.154. The lowest BCUT2D eigenvalue weighted by atomic mass is 9.98. The first-order valence-electron chi connectivity index (χ1n) is 10.6. The average Bonchev–Trinajstić information content (AvgIpc) is 3.37. The van der Waals surface area contributed by atoms with Crippen LogP contribution in [0.4, 0.5) is 11.4 Å². The number of hydrogen-bond acceptors (Lipinski definition) is 4. The van der Waals surface area contributed by atoms with Crippen molar-refractivity contribution in [2.24, 2.45) is 0 Å². The molecular formula is C25H24N4. The number of nitrogens with one attached hydrogen (secondary N) is 1. The van der Waals surface area contributed by atoms with Gasteiger partial charge in [-0.3, -0.25) is 4.90 Å². The van der Waals surface area contributed by atoms with Crippen LogP contribution in [-0.2, 0) is 6.42 Å². The molecular weight excluding hydrogens is 356 g/mol. The molecule has 0 spiro atoms. The SMILES string of the molecule is N#Cc1ccc2c3c(cccc13)C(N1CCC(N3CNc4ccccc43)CC1)C2. The zero-order chi connectivity index (χ0) is 19.4. The topological polar surface area (TPSA) is 42.3 Å². The number of rotatable bonds is 2. The van der Waals surface area contributed by atoms with Gasteiger partial charge in [-0.25, -0.2) is 0 Å². The fourth-order valence-electron chi connectivity index (χ4n) is 5.66. The molecule has 4 nitrogen and oxygen atoms in total. The molecule has 1 unspecified atom stereocenters. The Bertz CT molecular complexity index is 1140. The first kappa shape index (κ1) is 16.9. The van der Waals surface area contributed by atoms with E-state index in [1.165, 1.54) is 40.7 Å². The van der Waals surface area contributed by atoms with Crippen molar-refractivity contribution in [1.29, 1.82) is 5.26 Å². The summed E-state index contributed by atoms with van der Waals surface area (Å²) in [5.74, 6) is 0. The van der Waals surface area contributed by atoms with Crippen molar-refractivity contribution in [3.8, 4) is 6.07 Å². The molecule has 1 fully saturated rings. The van der Waals surface area contributed by atoms with Gasteiger partial charge in [0, 0.05) is 30.6 Å². The van der Waals surface area contributed by atoms with E-state index in [2.05, 4.69) is 69.7 Å². The molecule has 4 heteroatoms. The zero-order valence-corrected chi connectivity index (χ0v) is 16.4. The molecule has 0 bridgehead atoms. The van der Waals surface area contributed by atoms with Crippen molar-refractivity contribution < 1.29 is 0 Å². The van der Waals surface area contributed by atoms with Crippen LogP contribution in [0.3, 0.4) is 0 Å². The van der Waals surface area contributed by atoms with E-state index < -0.39 is 0 Å². The van der Waals surface area contributed by atoms with Crippen LogP contribution in [0.2, 0.25) is 0 Å². The number of likely N-dealkylation sites (tertiary alicyclic amines) is 1. The van der Waals surface area contributed by atoms with Gasteiger partial charge in [-0.15, -0.1) is 0 Å². The Morgan fingerprint density at radius 1 is 0.966 bits per heavy atom. The molecule has 3 aromatic carbocycles. The Labute approximate surface area is 171 Å². The van der Waals surface area contributed by atoms with Crippen LogP contribution in [-0.4, -0.2) is 30.7 Å². The van der Waals surface area contributed by atoms with E-state index in [0.29, 0.717) is 12.1 Å². The molecule has 6 rings (SSSR count). The lowest BCUT2D eigenvalue weighted by Gasteiger charge is -2.40. The fourth-order valence-corrected chi connectivity index (χ4v) is 5.66. The molecule has 2 aliphatic heterocycles. The number of fused-ring (bicyclic) bond motifs is 1. The number of piperidine rings is 1. The van der Waals surface area contributed by atoms with Gasteiger partial charge in [0.2, 0.25) is 0 Å². The van der Waals surface area contributed by atoms with Crippen molar-refractivity contribution in [3.05, 3.63) is 71.3 Å². The molecule has 1 aliphatic carbocycles.